The topological polar surface area (TPSA) is 47.7 Å². The third kappa shape index (κ3) is 4.78. The number of piperidine rings is 1. The Labute approximate surface area is 99.1 Å². The summed E-state index contributed by atoms with van der Waals surface area (Å²) in [6.07, 6.45) is 3.81. The minimum atomic E-state index is 0.425. The molecule has 0 aromatic carbocycles. The molecular weight excluding hydrogens is 204 g/mol. The molecule has 0 radical (unpaired) electrons. The normalized spacial score (nSPS) is 21.2. The number of hydrogen-bond acceptors (Lipinski definition) is 4. The second-order valence-electron chi connectivity index (χ2n) is 4.53. The fraction of sp³-hybridized carbons (Fsp3) is 1.00. The SMILES string of the molecule is COCCC(C)N1CCC(OCCN)CC1. The van der Waals surface area contributed by atoms with Gasteiger partial charge in [-0.3, -0.25) is 0 Å². The van der Waals surface area contributed by atoms with Crippen molar-refractivity contribution in [3.8, 4) is 0 Å². The molecule has 16 heavy (non-hydrogen) atoms. The minimum absolute atomic E-state index is 0.425. The molecule has 4 heteroatoms. The fourth-order valence-electron chi connectivity index (χ4n) is 2.19. The summed E-state index contributed by atoms with van der Waals surface area (Å²) in [7, 11) is 1.76. The molecule has 1 aliphatic rings. The molecule has 4 nitrogen and oxygen atoms in total. The molecule has 0 saturated carbocycles. The van der Waals surface area contributed by atoms with Crippen molar-refractivity contribution in [1.29, 1.82) is 0 Å². The van der Waals surface area contributed by atoms with Gasteiger partial charge in [0.2, 0.25) is 0 Å². The Balaban J connectivity index is 2.15. The fourth-order valence-corrected chi connectivity index (χ4v) is 2.19. The molecule has 1 saturated heterocycles. The maximum absolute atomic E-state index is 5.66. The van der Waals surface area contributed by atoms with Crippen molar-refractivity contribution in [1.82, 2.24) is 4.90 Å². The van der Waals surface area contributed by atoms with E-state index < -0.39 is 0 Å². The van der Waals surface area contributed by atoms with Gasteiger partial charge in [-0.25, -0.2) is 0 Å². The van der Waals surface area contributed by atoms with Crippen molar-refractivity contribution in [3.05, 3.63) is 0 Å². The zero-order valence-corrected chi connectivity index (χ0v) is 10.7. The predicted octanol–water partition coefficient (Wildman–Crippen LogP) is 0.851. The van der Waals surface area contributed by atoms with Gasteiger partial charge in [-0.1, -0.05) is 0 Å². The quantitative estimate of drug-likeness (QED) is 0.704. The standard InChI is InChI=1S/C12H26N2O2/c1-11(5-9-15-2)14-7-3-12(4-8-14)16-10-6-13/h11-12H,3-10,13H2,1-2H3. The van der Waals surface area contributed by atoms with E-state index in [1.165, 1.54) is 0 Å². The van der Waals surface area contributed by atoms with Gasteiger partial charge in [-0.05, 0) is 26.2 Å². The van der Waals surface area contributed by atoms with Gasteiger partial charge in [-0.15, -0.1) is 0 Å². The number of rotatable bonds is 7. The van der Waals surface area contributed by atoms with Crippen LogP contribution in [0.4, 0.5) is 0 Å². The van der Waals surface area contributed by atoms with Crippen molar-refractivity contribution >= 4 is 0 Å². The van der Waals surface area contributed by atoms with Crippen molar-refractivity contribution in [2.24, 2.45) is 5.73 Å². The Morgan fingerprint density at radius 3 is 2.56 bits per heavy atom. The van der Waals surface area contributed by atoms with E-state index in [0.29, 0.717) is 25.3 Å². The van der Waals surface area contributed by atoms with Crippen LogP contribution in [0.3, 0.4) is 0 Å². The molecule has 0 bridgehead atoms. The molecule has 0 aromatic heterocycles. The number of methoxy groups -OCH3 is 1. The van der Waals surface area contributed by atoms with Gasteiger partial charge in [0.1, 0.15) is 0 Å². The maximum atomic E-state index is 5.66. The molecule has 1 unspecified atom stereocenters. The molecule has 0 spiro atoms. The summed E-state index contributed by atoms with van der Waals surface area (Å²) in [5, 5.41) is 0. The third-order valence-electron chi connectivity index (χ3n) is 3.31. The first-order chi connectivity index (χ1) is 7.77. The van der Waals surface area contributed by atoms with Gasteiger partial charge in [-0.2, -0.15) is 0 Å². The van der Waals surface area contributed by atoms with E-state index in [4.69, 9.17) is 15.2 Å². The van der Waals surface area contributed by atoms with Crippen molar-refractivity contribution in [2.45, 2.75) is 38.3 Å². The first kappa shape index (κ1) is 13.9. The smallest absolute Gasteiger partial charge is 0.0600 e. The van der Waals surface area contributed by atoms with E-state index in [1.807, 2.05) is 0 Å². The lowest BCUT2D eigenvalue weighted by atomic mass is 10.0. The summed E-state index contributed by atoms with van der Waals surface area (Å²) in [6, 6.07) is 0.621. The van der Waals surface area contributed by atoms with Gasteiger partial charge in [0, 0.05) is 39.4 Å². The van der Waals surface area contributed by atoms with Crippen molar-refractivity contribution in [2.75, 3.05) is 40.0 Å². The van der Waals surface area contributed by atoms with Crippen LogP contribution in [0.15, 0.2) is 0 Å². The minimum Gasteiger partial charge on any atom is -0.385 e. The first-order valence-corrected chi connectivity index (χ1v) is 6.32. The highest BCUT2D eigenvalue weighted by atomic mass is 16.5. The molecule has 1 fully saturated rings. The van der Waals surface area contributed by atoms with E-state index in [1.54, 1.807) is 7.11 Å². The lowest BCUT2D eigenvalue weighted by Crippen LogP contribution is -2.42. The van der Waals surface area contributed by atoms with Crippen molar-refractivity contribution in [3.63, 3.8) is 0 Å². The van der Waals surface area contributed by atoms with Crippen LogP contribution in [0.5, 0.6) is 0 Å². The molecule has 1 atom stereocenters. The van der Waals surface area contributed by atoms with Gasteiger partial charge in [0.05, 0.1) is 12.7 Å². The molecule has 96 valence electrons. The molecule has 1 aliphatic heterocycles. The lowest BCUT2D eigenvalue weighted by Gasteiger charge is -2.35. The Hall–Kier alpha value is -0.160. The highest BCUT2D eigenvalue weighted by Gasteiger charge is 2.22. The molecule has 1 heterocycles. The van der Waals surface area contributed by atoms with Crippen LogP contribution in [0.1, 0.15) is 26.2 Å². The van der Waals surface area contributed by atoms with Crippen LogP contribution >= 0.6 is 0 Å². The van der Waals surface area contributed by atoms with E-state index in [-0.39, 0.29) is 0 Å². The Bertz CT molecular complexity index is 170. The van der Waals surface area contributed by atoms with Crippen LogP contribution < -0.4 is 5.73 Å². The summed E-state index contributed by atoms with van der Waals surface area (Å²) >= 11 is 0. The Morgan fingerprint density at radius 1 is 1.31 bits per heavy atom. The van der Waals surface area contributed by atoms with Gasteiger partial charge < -0.3 is 20.1 Å². The summed E-state index contributed by atoms with van der Waals surface area (Å²) < 4.78 is 10.8. The van der Waals surface area contributed by atoms with Gasteiger partial charge in [0.15, 0.2) is 0 Å². The second-order valence-corrected chi connectivity index (χ2v) is 4.53. The zero-order valence-electron chi connectivity index (χ0n) is 10.7. The Morgan fingerprint density at radius 2 is 2.00 bits per heavy atom. The molecule has 0 aliphatic carbocycles. The lowest BCUT2D eigenvalue weighted by molar-refractivity contribution is 0.000309. The number of nitrogens with two attached hydrogens (primary N) is 1. The largest absolute Gasteiger partial charge is 0.385 e. The van der Waals surface area contributed by atoms with Crippen LogP contribution in [-0.2, 0) is 9.47 Å². The van der Waals surface area contributed by atoms with Crippen LogP contribution in [0, 0.1) is 0 Å². The summed E-state index contributed by atoms with van der Waals surface area (Å²) in [5.74, 6) is 0. The van der Waals surface area contributed by atoms with Crippen LogP contribution in [0.25, 0.3) is 0 Å². The molecule has 0 amide bonds. The molecule has 2 N–H and O–H groups in total. The summed E-state index contributed by atoms with van der Waals surface area (Å²) in [5.41, 5.74) is 5.43. The zero-order chi connectivity index (χ0) is 11.8. The maximum Gasteiger partial charge on any atom is 0.0600 e. The van der Waals surface area contributed by atoms with E-state index >= 15 is 0 Å². The molecular formula is C12H26N2O2. The highest BCUT2D eigenvalue weighted by Crippen LogP contribution is 2.17. The second kappa shape index (κ2) is 8.01. The number of ether oxygens (including phenoxy) is 2. The average molecular weight is 230 g/mol. The van der Waals surface area contributed by atoms with E-state index in [2.05, 4.69) is 11.8 Å². The van der Waals surface area contributed by atoms with E-state index in [9.17, 15) is 0 Å². The summed E-state index contributed by atoms with van der Waals surface area (Å²) in [6.45, 7) is 6.74. The predicted molar refractivity (Wildman–Crippen MR) is 65.6 cm³/mol. The monoisotopic (exact) mass is 230 g/mol. The summed E-state index contributed by atoms with van der Waals surface area (Å²) in [4.78, 5) is 2.53. The average Bonchev–Trinajstić information content (AvgIpc) is 2.34. The highest BCUT2D eigenvalue weighted by molar-refractivity contribution is 4.76. The molecule has 0 aromatic rings. The van der Waals surface area contributed by atoms with Gasteiger partial charge >= 0.3 is 0 Å². The van der Waals surface area contributed by atoms with Gasteiger partial charge in [0.25, 0.3) is 0 Å². The number of hydrogen-bond donors (Lipinski definition) is 1. The first-order valence-electron chi connectivity index (χ1n) is 6.32. The third-order valence-corrected chi connectivity index (χ3v) is 3.31. The van der Waals surface area contributed by atoms with E-state index in [0.717, 1.165) is 39.0 Å². The van der Waals surface area contributed by atoms with Crippen molar-refractivity contribution < 1.29 is 9.47 Å². The number of likely N-dealkylation sites (tertiary alicyclic amines) is 1. The van der Waals surface area contributed by atoms with Crippen LogP contribution in [0.2, 0.25) is 0 Å². The number of nitrogens with zero attached hydrogens (tertiary/aromatic N) is 1. The molecule has 1 rings (SSSR count). The Kier molecular flexibility index (Phi) is 6.96. The van der Waals surface area contributed by atoms with Crippen LogP contribution in [-0.4, -0.2) is 57.0 Å².